The van der Waals surface area contributed by atoms with Crippen molar-refractivity contribution in [2.75, 3.05) is 26.9 Å². The number of nitriles is 1. The zero-order valence-corrected chi connectivity index (χ0v) is 10.5. The molecule has 16 heavy (non-hydrogen) atoms. The van der Waals surface area contributed by atoms with Gasteiger partial charge >= 0.3 is 0 Å². The first-order chi connectivity index (χ1) is 7.64. The number of nitrogens with one attached hydrogen (secondary N) is 1. The van der Waals surface area contributed by atoms with E-state index in [1.165, 1.54) is 0 Å². The van der Waals surface area contributed by atoms with Crippen LogP contribution in [0.5, 0.6) is 0 Å². The molecule has 0 amide bonds. The molecule has 0 aromatic heterocycles. The Hall–Kier alpha value is -0.630. The Bertz CT molecular complexity index is 244. The van der Waals surface area contributed by atoms with Gasteiger partial charge in [-0.25, -0.2) is 0 Å². The van der Waals surface area contributed by atoms with Gasteiger partial charge < -0.3 is 9.47 Å². The quantitative estimate of drug-likeness (QED) is 0.742. The number of nitrogens with zero attached hydrogens (tertiary/aromatic N) is 1. The van der Waals surface area contributed by atoms with Crippen LogP contribution in [0.2, 0.25) is 0 Å². The fourth-order valence-corrected chi connectivity index (χ4v) is 1.95. The summed E-state index contributed by atoms with van der Waals surface area (Å²) in [6.45, 7) is 6.05. The van der Waals surface area contributed by atoms with Gasteiger partial charge in [-0.3, -0.25) is 5.32 Å². The summed E-state index contributed by atoms with van der Waals surface area (Å²) in [5.74, 6) is 0.207. The Morgan fingerprint density at radius 1 is 1.62 bits per heavy atom. The van der Waals surface area contributed by atoms with E-state index < -0.39 is 5.54 Å². The van der Waals surface area contributed by atoms with Crippen LogP contribution < -0.4 is 5.32 Å². The summed E-state index contributed by atoms with van der Waals surface area (Å²) in [6.07, 6.45) is 2.46. The van der Waals surface area contributed by atoms with Crippen LogP contribution in [0.4, 0.5) is 0 Å². The van der Waals surface area contributed by atoms with Gasteiger partial charge in [-0.1, -0.05) is 13.8 Å². The zero-order valence-electron chi connectivity index (χ0n) is 10.5. The Labute approximate surface area is 97.9 Å². The molecule has 1 aliphatic heterocycles. The van der Waals surface area contributed by atoms with E-state index in [4.69, 9.17) is 9.47 Å². The van der Waals surface area contributed by atoms with Crippen molar-refractivity contribution in [3.63, 3.8) is 0 Å². The van der Waals surface area contributed by atoms with E-state index in [0.29, 0.717) is 6.61 Å². The second-order valence-corrected chi connectivity index (χ2v) is 4.69. The minimum atomic E-state index is -0.597. The topological polar surface area (TPSA) is 54.3 Å². The molecule has 92 valence electrons. The van der Waals surface area contributed by atoms with E-state index >= 15 is 0 Å². The van der Waals surface area contributed by atoms with E-state index in [9.17, 15) is 5.26 Å². The van der Waals surface area contributed by atoms with Crippen molar-refractivity contribution in [1.82, 2.24) is 5.32 Å². The van der Waals surface area contributed by atoms with Crippen molar-refractivity contribution >= 4 is 0 Å². The van der Waals surface area contributed by atoms with Crippen molar-refractivity contribution < 1.29 is 9.47 Å². The Kier molecular flexibility index (Phi) is 5.20. The van der Waals surface area contributed by atoms with E-state index in [1.807, 2.05) is 13.8 Å². The molecular weight excluding hydrogens is 204 g/mol. The highest BCUT2D eigenvalue weighted by molar-refractivity contribution is 5.09. The SMILES string of the molecule is COCC(C#N)(NCC1CCCO1)C(C)C. The number of rotatable bonds is 6. The lowest BCUT2D eigenvalue weighted by Gasteiger charge is -2.32. The van der Waals surface area contributed by atoms with Crippen molar-refractivity contribution in [3.8, 4) is 6.07 Å². The third-order valence-corrected chi connectivity index (χ3v) is 3.23. The van der Waals surface area contributed by atoms with Crippen LogP contribution in [0.3, 0.4) is 0 Å². The average molecular weight is 226 g/mol. The summed E-state index contributed by atoms with van der Waals surface area (Å²) >= 11 is 0. The first-order valence-electron chi connectivity index (χ1n) is 5.91. The highest BCUT2D eigenvalue weighted by Gasteiger charge is 2.34. The summed E-state index contributed by atoms with van der Waals surface area (Å²) < 4.78 is 10.7. The summed E-state index contributed by atoms with van der Waals surface area (Å²) in [7, 11) is 1.63. The molecule has 2 atom stereocenters. The van der Waals surface area contributed by atoms with Gasteiger partial charge in [0.25, 0.3) is 0 Å². The van der Waals surface area contributed by atoms with Crippen molar-refractivity contribution in [1.29, 1.82) is 5.26 Å². The van der Waals surface area contributed by atoms with E-state index in [0.717, 1.165) is 26.0 Å². The summed E-state index contributed by atoms with van der Waals surface area (Å²) in [6, 6.07) is 2.35. The van der Waals surface area contributed by atoms with Crippen LogP contribution in [0.1, 0.15) is 26.7 Å². The maximum Gasteiger partial charge on any atom is 0.132 e. The van der Waals surface area contributed by atoms with Gasteiger partial charge in [0, 0.05) is 20.3 Å². The molecule has 1 aliphatic rings. The maximum atomic E-state index is 9.32. The molecule has 1 N–H and O–H groups in total. The van der Waals surface area contributed by atoms with Crippen LogP contribution in [0, 0.1) is 17.2 Å². The lowest BCUT2D eigenvalue weighted by Crippen LogP contribution is -2.54. The fourth-order valence-electron chi connectivity index (χ4n) is 1.95. The molecule has 2 unspecified atom stereocenters. The number of ether oxygens (including phenoxy) is 2. The van der Waals surface area contributed by atoms with Crippen molar-refractivity contribution in [3.05, 3.63) is 0 Å². The monoisotopic (exact) mass is 226 g/mol. The molecule has 1 saturated heterocycles. The van der Waals surface area contributed by atoms with Gasteiger partial charge in [-0.15, -0.1) is 0 Å². The number of hydrogen-bond donors (Lipinski definition) is 1. The average Bonchev–Trinajstić information content (AvgIpc) is 2.76. The number of methoxy groups -OCH3 is 1. The van der Waals surface area contributed by atoms with Gasteiger partial charge in [0.1, 0.15) is 5.54 Å². The first-order valence-corrected chi connectivity index (χ1v) is 5.91. The smallest absolute Gasteiger partial charge is 0.132 e. The van der Waals surface area contributed by atoms with Gasteiger partial charge in [-0.2, -0.15) is 5.26 Å². The summed E-state index contributed by atoms with van der Waals surface area (Å²) in [5, 5.41) is 12.6. The van der Waals surface area contributed by atoms with E-state index in [2.05, 4.69) is 11.4 Å². The summed E-state index contributed by atoms with van der Waals surface area (Å²) in [5.41, 5.74) is -0.597. The molecule has 0 saturated carbocycles. The van der Waals surface area contributed by atoms with Gasteiger partial charge in [-0.05, 0) is 18.8 Å². The second kappa shape index (κ2) is 6.19. The predicted octanol–water partition coefficient (Wildman–Crippen LogP) is 1.32. The fraction of sp³-hybridized carbons (Fsp3) is 0.917. The van der Waals surface area contributed by atoms with E-state index in [-0.39, 0.29) is 12.0 Å². The van der Waals surface area contributed by atoms with Crippen LogP contribution in [-0.2, 0) is 9.47 Å². The first kappa shape index (κ1) is 13.4. The Morgan fingerprint density at radius 2 is 2.38 bits per heavy atom. The van der Waals surface area contributed by atoms with Crippen molar-refractivity contribution in [2.24, 2.45) is 5.92 Å². The Morgan fingerprint density at radius 3 is 2.81 bits per heavy atom. The largest absolute Gasteiger partial charge is 0.382 e. The third kappa shape index (κ3) is 3.18. The minimum Gasteiger partial charge on any atom is -0.382 e. The molecule has 4 heteroatoms. The van der Waals surface area contributed by atoms with Gasteiger partial charge in [0.2, 0.25) is 0 Å². The zero-order chi connectivity index (χ0) is 12.0. The molecule has 0 aromatic carbocycles. The second-order valence-electron chi connectivity index (χ2n) is 4.69. The number of hydrogen-bond acceptors (Lipinski definition) is 4. The van der Waals surface area contributed by atoms with Gasteiger partial charge in [0.05, 0.1) is 18.8 Å². The minimum absolute atomic E-state index is 0.207. The highest BCUT2D eigenvalue weighted by atomic mass is 16.5. The molecule has 0 radical (unpaired) electrons. The van der Waals surface area contributed by atoms with Crippen LogP contribution in [-0.4, -0.2) is 38.5 Å². The molecule has 0 aromatic rings. The summed E-state index contributed by atoms with van der Waals surface area (Å²) in [4.78, 5) is 0. The van der Waals surface area contributed by atoms with Crippen LogP contribution in [0.25, 0.3) is 0 Å². The van der Waals surface area contributed by atoms with Gasteiger partial charge in [0.15, 0.2) is 0 Å². The molecule has 1 fully saturated rings. The standard InChI is InChI=1S/C12H22N2O2/c1-10(2)12(8-13,9-15-3)14-7-11-5-4-6-16-11/h10-11,14H,4-7,9H2,1-3H3. The molecule has 0 spiro atoms. The van der Waals surface area contributed by atoms with Crippen molar-refractivity contribution in [2.45, 2.75) is 38.3 Å². The molecule has 0 aliphatic carbocycles. The normalized spacial score (nSPS) is 24.3. The predicted molar refractivity (Wildman–Crippen MR) is 62.0 cm³/mol. The highest BCUT2D eigenvalue weighted by Crippen LogP contribution is 2.18. The lowest BCUT2D eigenvalue weighted by molar-refractivity contribution is 0.0766. The van der Waals surface area contributed by atoms with Crippen LogP contribution >= 0.6 is 0 Å². The third-order valence-electron chi connectivity index (χ3n) is 3.23. The molecule has 0 bridgehead atoms. The molecule has 1 rings (SSSR count). The van der Waals surface area contributed by atoms with Crippen LogP contribution in [0.15, 0.2) is 0 Å². The molecular formula is C12H22N2O2. The molecule has 1 heterocycles. The Balaban J connectivity index is 2.52. The maximum absolute atomic E-state index is 9.32. The van der Waals surface area contributed by atoms with E-state index in [1.54, 1.807) is 7.11 Å². The lowest BCUT2D eigenvalue weighted by atomic mass is 9.88. The molecule has 4 nitrogen and oxygen atoms in total.